The van der Waals surface area contributed by atoms with Gasteiger partial charge in [0.15, 0.2) is 0 Å². The number of ether oxygens (including phenoxy) is 1. The number of amides is 1. The first-order valence-corrected chi connectivity index (χ1v) is 8.04. The SMILES string of the molecule is C=CCNC(=O)c1ccc(NC[C@@H](C)N2CCOC[C@@H]2C)nc1. The van der Waals surface area contributed by atoms with Crippen LogP contribution in [0.4, 0.5) is 5.82 Å². The summed E-state index contributed by atoms with van der Waals surface area (Å²) in [7, 11) is 0. The summed E-state index contributed by atoms with van der Waals surface area (Å²) in [6.45, 7) is 11.8. The van der Waals surface area contributed by atoms with Crippen molar-refractivity contribution in [3.8, 4) is 0 Å². The lowest BCUT2D eigenvalue weighted by atomic mass is 10.2. The first kappa shape index (κ1) is 17.4. The number of morpholine rings is 1. The molecule has 1 saturated heterocycles. The third-order valence-electron chi connectivity index (χ3n) is 4.00. The van der Waals surface area contributed by atoms with Gasteiger partial charge in [0.25, 0.3) is 5.91 Å². The number of hydrogen-bond acceptors (Lipinski definition) is 5. The number of carbonyl (C=O) groups is 1. The maximum atomic E-state index is 11.8. The van der Waals surface area contributed by atoms with Crippen molar-refractivity contribution in [2.24, 2.45) is 0 Å². The van der Waals surface area contributed by atoms with Crippen LogP contribution in [0.15, 0.2) is 31.0 Å². The lowest BCUT2D eigenvalue weighted by Crippen LogP contribution is -2.50. The summed E-state index contributed by atoms with van der Waals surface area (Å²) in [4.78, 5) is 18.5. The third-order valence-corrected chi connectivity index (χ3v) is 4.00. The Labute approximate surface area is 137 Å². The van der Waals surface area contributed by atoms with E-state index in [0.717, 1.165) is 32.1 Å². The zero-order valence-electron chi connectivity index (χ0n) is 13.9. The van der Waals surface area contributed by atoms with E-state index in [1.165, 1.54) is 0 Å². The number of rotatable bonds is 7. The van der Waals surface area contributed by atoms with Gasteiger partial charge in [-0.25, -0.2) is 4.98 Å². The van der Waals surface area contributed by atoms with Crippen LogP contribution in [0.3, 0.4) is 0 Å². The highest BCUT2D eigenvalue weighted by atomic mass is 16.5. The van der Waals surface area contributed by atoms with Crippen molar-refractivity contribution in [3.05, 3.63) is 36.5 Å². The number of aromatic nitrogens is 1. The van der Waals surface area contributed by atoms with E-state index in [0.29, 0.717) is 24.2 Å². The predicted octanol–water partition coefficient (Wildman–Crippen LogP) is 1.52. The van der Waals surface area contributed by atoms with Crippen LogP contribution < -0.4 is 10.6 Å². The Bertz CT molecular complexity index is 518. The standard InChI is InChI=1S/C17H26N4O2/c1-4-7-18-17(22)15-5-6-16(20-11-15)19-10-13(2)21-8-9-23-12-14(21)3/h4-6,11,13-14H,1,7-10,12H2,2-3H3,(H,18,22)(H,19,20)/t13-,14+/m1/s1. The summed E-state index contributed by atoms with van der Waals surface area (Å²) in [6.07, 6.45) is 3.23. The van der Waals surface area contributed by atoms with Crippen LogP contribution >= 0.6 is 0 Å². The summed E-state index contributed by atoms with van der Waals surface area (Å²) in [6, 6.07) is 4.43. The highest BCUT2D eigenvalue weighted by Crippen LogP contribution is 2.12. The van der Waals surface area contributed by atoms with Gasteiger partial charge in [-0.15, -0.1) is 6.58 Å². The number of carbonyl (C=O) groups excluding carboxylic acids is 1. The largest absolute Gasteiger partial charge is 0.379 e. The van der Waals surface area contributed by atoms with E-state index in [1.54, 1.807) is 18.3 Å². The van der Waals surface area contributed by atoms with Crippen molar-refractivity contribution in [1.29, 1.82) is 0 Å². The van der Waals surface area contributed by atoms with Gasteiger partial charge in [0.2, 0.25) is 0 Å². The van der Waals surface area contributed by atoms with Crippen LogP contribution in [0.25, 0.3) is 0 Å². The second kappa shape index (κ2) is 8.64. The summed E-state index contributed by atoms with van der Waals surface area (Å²) in [5, 5.41) is 6.06. The average Bonchev–Trinajstić information content (AvgIpc) is 2.58. The molecule has 2 N–H and O–H groups in total. The zero-order chi connectivity index (χ0) is 16.7. The van der Waals surface area contributed by atoms with Crippen molar-refractivity contribution in [2.45, 2.75) is 25.9 Å². The number of nitrogens with zero attached hydrogens (tertiary/aromatic N) is 2. The minimum atomic E-state index is -0.139. The van der Waals surface area contributed by atoms with Crippen molar-refractivity contribution in [3.63, 3.8) is 0 Å². The highest BCUT2D eigenvalue weighted by Gasteiger charge is 2.23. The van der Waals surface area contributed by atoms with Gasteiger partial charge in [-0.05, 0) is 26.0 Å². The molecule has 0 spiro atoms. The quantitative estimate of drug-likeness (QED) is 0.746. The smallest absolute Gasteiger partial charge is 0.253 e. The molecule has 0 unspecified atom stereocenters. The van der Waals surface area contributed by atoms with E-state index >= 15 is 0 Å². The summed E-state index contributed by atoms with van der Waals surface area (Å²) >= 11 is 0. The summed E-state index contributed by atoms with van der Waals surface area (Å²) in [5.74, 6) is 0.637. The highest BCUT2D eigenvalue weighted by molar-refractivity contribution is 5.94. The Hall–Kier alpha value is -1.92. The van der Waals surface area contributed by atoms with Crippen molar-refractivity contribution >= 4 is 11.7 Å². The van der Waals surface area contributed by atoms with E-state index < -0.39 is 0 Å². The molecule has 1 amide bonds. The van der Waals surface area contributed by atoms with Gasteiger partial charge in [0.05, 0.1) is 18.8 Å². The van der Waals surface area contributed by atoms with E-state index in [2.05, 4.69) is 40.9 Å². The van der Waals surface area contributed by atoms with Gasteiger partial charge >= 0.3 is 0 Å². The van der Waals surface area contributed by atoms with Crippen LogP contribution in [0.2, 0.25) is 0 Å². The molecule has 1 aliphatic heterocycles. The normalized spacial score (nSPS) is 19.8. The minimum absolute atomic E-state index is 0.139. The van der Waals surface area contributed by atoms with Gasteiger partial charge in [0.1, 0.15) is 5.82 Å². The fourth-order valence-electron chi connectivity index (χ4n) is 2.66. The van der Waals surface area contributed by atoms with Crippen LogP contribution in [0, 0.1) is 0 Å². The zero-order valence-corrected chi connectivity index (χ0v) is 13.9. The monoisotopic (exact) mass is 318 g/mol. The Morgan fingerprint density at radius 2 is 2.43 bits per heavy atom. The van der Waals surface area contributed by atoms with Gasteiger partial charge in [-0.2, -0.15) is 0 Å². The van der Waals surface area contributed by atoms with Gasteiger partial charge in [-0.1, -0.05) is 6.08 Å². The van der Waals surface area contributed by atoms with E-state index in [1.807, 2.05) is 6.07 Å². The van der Waals surface area contributed by atoms with E-state index in [4.69, 9.17) is 4.74 Å². The maximum absolute atomic E-state index is 11.8. The van der Waals surface area contributed by atoms with Crippen molar-refractivity contribution in [1.82, 2.24) is 15.2 Å². The summed E-state index contributed by atoms with van der Waals surface area (Å²) < 4.78 is 5.47. The van der Waals surface area contributed by atoms with Crippen molar-refractivity contribution in [2.75, 3.05) is 38.2 Å². The molecule has 1 fully saturated rings. The lowest BCUT2D eigenvalue weighted by Gasteiger charge is -2.37. The number of hydrogen-bond donors (Lipinski definition) is 2. The molecule has 23 heavy (non-hydrogen) atoms. The average molecular weight is 318 g/mol. The molecule has 6 heteroatoms. The molecule has 0 bridgehead atoms. The Morgan fingerprint density at radius 3 is 3.09 bits per heavy atom. The van der Waals surface area contributed by atoms with Crippen molar-refractivity contribution < 1.29 is 9.53 Å². The van der Waals surface area contributed by atoms with Crippen LogP contribution in [0.1, 0.15) is 24.2 Å². The predicted molar refractivity (Wildman–Crippen MR) is 91.7 cm³/mol. The lowest BCUT2D eigenvalue weighted by molar-refractivity contribution is -0.0159. The molecular weight excluding hydrogens is 292 g/mol. The molecule has 1 aromatic rings. The minimum Gasteiger partial charge on any atom is -0.379 e. The molecule has 2 heterocycles. The second-order valence-electron chi connectivity index (χ2n) is 5.82. The molecule has 0 radical (unpaired) electrons. The Morgan fingerprint density at radius 1 is 1.61 bits per heavy atom. The van der Waals surface area contributed by atoms with Gasteiger partial charge in [-0.3, -0.25) is 9.69 Å². The topological polar surface area (TPSA) is 66.5 Å². The molecule has 1 aromatic heterocycles. The Kier molecular flexibility index (Phi) is 6.55. The van der Waals surface area contributed by atoms with Crippen LogP contribution in [-0.2, 0) is 4.74 Å². The molecule has 0 aromatic carbocycles. The summed E-state index contributed by atoms with van der Waals surface area (Å²) in [5.41, 5.74) is 0.548. The molecule has 1 aliphatic rings. The number of pyridine rings is 1. The van der Waals surface area contributed by atoms with Crippen LogP contribution in [0.5, 0.6) is 0 Å². The number of anilines is 1. The van der Waals surface area contributed by atoms with E-state index in [9.17, 15) is 4.79 Å². The molecule has 2 atom stereocenters. The molecule has 126 valence electrons. The number of nitrogens with one attached hydrogen (secondary N) is 2. The maximum Gasteiger partial charge on any atom is 0.253 e. The molecular formula is C17H26N4O2. The van der Waals surface area contributed by atoms with E-state index in [-0.39, 0.29) is 5.91 Å². The fourth-order valence-corrected chi connectivity index (χ4v) is 2.66. The molecule has 6 nitrogen and oxygen atoms in total. The second-order valence-corrected chi connectivity index (χ2v) is 5.82. The van der Waals surface area contributed by atoms with Gasteiger partial charge < -0.3 is 15.4 Å². The fraction of sp³-hybridized carbons (Fsp3) is 0.529. The first-order chi connectivity index (χ1) is 11.1. The first-order valence-electron chi connectivity index (χ1n) is 8.04. The van der Waals surface area contributed by atoms with Crippen LogP contribution in [-0.4, -0.2) is 60.7 Å². The molecule has 2 rings (SSSR count). The molecule has 0 saturated carbocycles. The molecule has 0 aliphatic carbocycles. The van der Waals surface area contributed by atoms with Gasteiger partial charge in [0, 0.05) is 37.9 Å². The Balaban J connectivity index is 1.83. The third kappa shape index (κ3) is 5.04.